The molecule has 2 aromatic rings. The van der Waals surface area contributed by atoms with Crippen LogP contribution in [-0.2, 0) is 4.74 Å². The summed E-state index contributed by atoms with van der Waals surface area (Å²) in [7, 11) is 1.76. The average Bonchev–Trinajstić information content (AvgIpc) is 2.90. The lowest BCUT2D eigenvalue weighted by Gasteiger charge is -2.26. The van der Waals surface area contributed by atoms with Crippen molar-refractivity contribution in [2.75, 3.05) is 13.7 Å². The van der Waals surface area contributed by atoms with Crippen LogP contribution in [0.3, 0.4) is 0 Å². The zero-order valence-corrected chi connectivity index (χ0v) is 13.4. The zero-order valence-electron chi connectivity index (χ0n) is 11.8. The number of thiophene rings is 1. The normalized spacial score (nSPS) is 14.2. The number of hydrogen-bond acceptors (Lipinski definition) is 3. The van der Waals surface area contributed by atoms with Crippen LogP contribution in [0.1, 0.15) is 35.9 Å². The van der Waals surface area contributed by atoms with Gasteiger partial charge in [0, 0.05) is 12.0 Å². The lowest BCUT2D eigenvalue weighted by molar-refractivity contribution is 0.0687. The number of benzene rings is 1. The fraction of sp³-hybridized carbons (Fsp3) is 0.375. The monoisotopic (exact) mass is 309 g/mol. The van der Waals surface area contributed by atoms with E-state index in [9.17, 15) is 0 Å². The summed E-state index contributed by atoms with van der Waals surface area (Å²) >= 11 is 7.69. The predicted octanol–water partition coefficient (Wildman–Crippen LogP) is 4.83. The molecule has 0 bridgehead atoms. The van der Waals surface area contributed by atoms with Gasteiger partial charge in [-0.25, -0.2) is 0 Å². The van der Waals surface area contributed by atoms with E-state index >= 15 is 0 Å². The van der Waals surface area contributed by atoms with Crippen molar-refractivity contribution in [3.05, 3.63) is 57.2 Å². The molecule has 0 fully saturated rings. The van der Waals surface area contributed by atoms with E-state index < -0.39 is 0 Å². The Balaban J connectivity index is 2.28. The molecule has 0 aliphatic rings. The number of nitrogens with one attached hydrogen (secondary N) is 1. The third-order valence-corrected chi connectivity index (χ3v) is 4.51. The molecule has 0 aliphatic heterocycles. The Morgan fingerprint density at radius 1 is 1.20 bits per heavy atom. The van der Waals surface area contributed by atoms with Crippen LogP contribution in [0.2, 0.25) is 4.34 Å². The van der Waals surface area contributed by atoms with E-state index in [0.717, 1.165) is 17.3 Å². The van der Waals surface area contributed by atoms with Crippen molar-refractivity contribution in [2.24, 2.45) is 0 Å². The Morgan fingerprint density at radius 3 is 2.50 bits per heavy atom. The summed E-state index contributed by atoms with van der Waals surface area (Å²) in [6, 6.07) is 14.5. The van der Waals surface area contributed by atoms with Gasteiger partial charge in [-0.2, -0.15) is 0 Å². The molecule has 2 nitrogen and oxygen atoms in total. The van der Waals surface area contributed by atoms with Crippen molar-refractivity contribution in [1.82, 2.24) is 5.32 Å². The number of rotatable bonds is 7. The topological polar surface area (TPSA) is 21.3 Å². The predicted molar refractivity (Wildman–Crippen MR) is 86.6 cm³/mol. The first-order valence-electron chi connectivity index (χ1n) is 6.82. The molecule has 108 valence electrons. The molecule has 1 heterocycles. The molecule has 0 saturated heterocycles. The van der Waals surface area contributed by atoms with Gasteiger partial charge in [0.2, 0.25) is 0 Å². The van der Waals surface area contributed by atoms with E-state index in [0.29, 0.717) is 0 Å². The maximum Gasteiger partial charge on any atom is 0.102 e. The van der Waals surface area contributed by atoms with Gasteiger partial charge < -0.3 is 10.1 Å². The molecule has 0 spiro atoms. The van der Waals surface area contributed by atoms with Crippen molar-refractivity contribution in [3.63, 3.8) is 0 Å². The van der Waals surface area contributed by atoms with Crippen molar-refractivity contribution in [3.8, 4) is 0 Å². The molecule has 1 aromatic carbocycles. The lowest BCUT2D eigenvalue weighted by atomic mass is 10.0. The first kappa shape index (κ1) is 15.5. The average molecular weight is 310 g/mol. The highest BCUT2D eigenvalue weighted by atomic mass is 35.5. The summed E-state index contributed by atoms with van der Waals surface area (Å²) in [6.07, 6.45) is 1.07. The number of halogens is 1. The van der Waals surface area contributed by atoms with Gasteiger partial charge in [-0.1, -0.05) is 48.9 Å². The molecule has 0 radical (unpaired) electrons. The molecule has 2 rings (SSSR count). The fourth-order valence-electron chi connectivity index (χ4n) is 2.26. The maximum absolute atomic E-state index is 6.08. The Labute approximate surface area is 129 Å². The SMILES string of the molecule is CCCNC(c1ccc(Cl)s1)C(OC)c1ccccc1. The van der Waals surface area contributed by atoms with Crippen LogP contribution in [0.15, 0.2) is 42.5 Å². The van der Waals surface area contributed by atoms with Gasteiger partial charge in [0.25, 0.3) is 0 Å². The van der Waals surface area contributed by atoms with Gasteiger partial charge in [0.05, 0.1) is 10.4 Å². The maximum atomic E-state index is 6.08. The molecule has 2 atom stereocenters. The first-order chi connectivity index (χ1) is 9.76. The minimum Gasteiger partial charge on any atom is -0.375 e. The molecular weight excluding hydrogens is 290 g/mol. The lowest BCUT2D eigenvalue weighted by Crippen LogP contribution is -2.28. The minimum atomic E-state index is -0.0162. The van der Waals surface area contributed by atoms with E-state index in [4.69, 9.17) is 16.3 Å². The Kier molecular flexibility index (Phi) is 6.05. The standard InChI is InChI=1S/C16H20ClNOS/c1-3-11-18-15(13-9-10-14(17)20-13)16(19-2)12-7-5-4-6-8-12/h4-10,15-16,18H,3,11H2,1-2H3. The zero-order chi connectivity index (χ0) is 14.4. The molecule has 0 amide bonds. The smallest absolute Gasteiger partial charge is 0.102 e. The highest BCUT2D eigenvalue weighted by molar-refractivity contribution is 7.16. The Hall–Kier alpha value is -0.870. The van der Waals surface area contributed by atoms with Crippen LogP contribution in [0.25, 0.3) is 0 Å². The van der Waals surface area contributed by atoms with E-state index in [1.165, 1.54) is 10.4 Å². The number of methoxy groups -OCH3 is 1. The molecule has 4 heteroatoms. The van der Waals surface area contributed by atoms with Crippen LogP contribution in [0, 0.1) is 0 Å². The summed E-state index contributed by atoms with van der Waals surface area (Å²) in [6.45, 7) is 3.11. The third-order valence-electron chi connectivity index (χ3n) is 3.20. The van der Waals surface area contributed by atoms with Crippen LogP contribution < -0.4 is 5.32 Å². The summed E-state index contributed by atoms with van der Waals surface area (Å²) in [5, 5.41) is 3.58. The van der Waals surface area contributed by atoms with Gasteiger partial charge in [-0.3, -0.25) is 0 Å². The highest BCUT2D eigenvalue weighted by Gasteiger charge is 2.25. The van der Waals surface area contributed by atoms with Crippen molar-refractivity contribution < 1.29 is 4.74 Å². The van der Waals surface area contributed by atoms with Crippen molar-refractivity contribution in [2.45, 2.75) is 25.5 Å². The fourth-order valence-corrected chi connectivity index (χ4v) is 3.42. The Morgan fingerprint density at radius 2 is 1.95 bits per heavy atom. The number of hydrogen-bond donors (Lipinski definition) is 1. The van der Waals surface area contributed by atoms with Gasteiger partial charge in [-0.05, 0) is 30.7 Å². The summed E-state index contributed by atoms with van der Waals surface area (Å²) in [4.78, 5) is 1.21. The van der Waals surface area contributed by atoms with E-state index in [1.54, 1.807) is 18.4 Å². The second kappa shape index (κ2) is 7.79. The van der Waals surface area contributed by atoms with Gasteiger partial charge >= 0.3 is 0 Å². The second-order valence-electron chi connectivity index (χ2n) is 4.64. The van der Waals surface area contributed by atoms with Gasteiger partial charge in [-0.15, -0.1) is 11.3 Å². The van der Waals surface area contributed by atoms with Crippen molar-refractivity contribution >= 4 is 22.9 Å². The van der Waals surface area contributed by atoms with E-state index in [-0.39, 0.29) is 12.1 Å². The highest BCUT2D eigenvalue weighted by Crippen LogP contribution is 2.36. The largest absolute Gasteiger partial charge is 0.375 e. The molecule has 2 unspecified atom stereocenters. The quantitative estimate of drug-likeness (QED) is 0.791. The summed E-state index contributed by atoms with van der Waals surface area (Å²) in [5.74, 6) is 0. The molecule has 0 aliphatic carbocycles. The molecule has 20 heavy (non-hydrogen) atoms. The second-order valence-corrected chi connectivity index (χ2v) is 6.39. The van der Waals surface area contributed by atoms with Crippen LogP contribution in [-0.4, -0.2) is 13.7 Å². The molecule has 1 N–H and O–H groups in total. The Bertz CT molecular complexity index is 514. The van der Waals surface area contributed by atoms with Crippen LogP contribution in [0.5, 0.6) is 0 Å². The molecule has 1 aromatic heterocycles. The molecule has 0 saturated carbocycles. The summed E-state index contributed by atoms with van der Waals surface area (Å²) < 4.78 is 6.57. The number of ether oxygens (including phenoxy) is 1. The molecular formula is C16H20ClNOS. The van der Waals surface area contributed by atoms with Crippen molar-refractivity contribution in [1.29, 1.82) is 0 Å². The van der Waals surface area contributed by atoms with E-state index in [2.05, 4.69) is 30.4 Å². The van der Waals surface area contributed by atoms with Crippen LogP contribution in [0.4, 0.5) is 0 Å². The first-order valence-corrected chi connectivity index (χ1v) is 8.02. The van der Waals surface area contributed by atoms with Gasteiger partial charge in [0.15, 0.2) is 0 Å². The van der Waals surface area contributed by atoms with E-state index in [1.807, 2.05) is 24.3 Å². The van der Waals surface area contributed by atoms with Gasteiger partial charge in [0.1, 0.15) is 6.10 Å². The summed E-state index contributed by atoms with van der Waals surface area (Å²) in [5.41, 5.74) is 1.17. The van der Waals surface area contributed by atoms with Crippen LogP contribution >= 0.6 is 22.9 Å². The minimum absolute atomic E-state index is 0.0162. The third kappa shape index (κ3) is 3.83.